The van der Waals surface area contributed by atoms with Gasteiger partial charge in [0.25, 0.3) is 5.91 Å². The van der Waals surface area contributed by atoms with E-state index in [0.29, 0.717) is 63.1 Å². The number of para-hydroxylation sites is 2. The van der Waals surface area contributed by atoms with E-state index < -0.39 is 0 Å². The van der Waals surface area contributed by atoms with E-state index in [1.807, 2.05) is 43.3 Å². The molecule has 1 aliphatic rings. The lowest BCUT2D eigenvalue weighted by Crippen LogP contribution is -2.27. The number of benzene rings is 2. The number of thiocarbonyl (C=S) groups is 1. The van der Waals surface area contributed by atoms with Crippen LogP contribution in [0.1, 0.15) is 12.5 Å². The molecule has 3 rings (SSSR count). The number of thioether (sulfide) groups is 1. The maximum atomic E-state index is 12.6. The molecule has 0 aromatic heterocycles. The van der Waals surface area contributed by atoms with Gasteiger partial charge in [-0.25, -0.2) is 0 Å². The first-order valence-corrected chi connectivity index (χ1v) is 12.2. The first-order valence-electron chi connectivity index (χ1n) is 10.2. The third kappa shape index (κ3) is 6.31. The molecule has 1 fully saturated rings. The van der Waals surface area contributed by atoms with E-state index in [1.54, 1.807) is 19.3 Å². The second-order valence-corrected chi connectivity index (χ2v) is 9.22. The third-order valence-corrected chi connectivity index (χ3v) is 6.44. The highest BCUT2D eigenvalue weighted by Crippen LogP contribution is 2.39. The molecule has 1 aliphatic heterocycles. The summed E-state index contributed by atoms with van der Waals surface area (Å²) in [6.07, 6.45) is 3.45. The minimum Gasteiger partial charge on any atom is -0.493 e. The second kappa shape index (κ2) is 12.1. The van der Waals surface area contributed by atoms with Gasteiger partial charge in [0.1, 0.15) is 17.5 Å². The molecular formula is C24H24BrNO5S2. The molecule has 1 saturated heterocycles. The molecule has 0 spiro atoms. The summed E-state index contributed by atoms with van der Waals surface area (Å²) in [5.74, 6) is 2.31. The van der Waals surface area contributed by atoms with Crippen molar-refractivity contribution in [2.75, 3.05) is 33.5 Å². The number of carbonyl (C=O) groups excluding carboxylic acids is 1. The molecule has 0 bridgehead atoms. The van der Waals surface area contributed by atoms with Crippen molar-refractivity contribution >= 4 is 56.2 Å². The van der Waals surface area contributed by atoms with Crippen LogP contribution in [0.25, 0.3) is 6.08 Å². The first-order chi connectivity index (χ1) is 16.0. The Morgan fingerprint density at radius 3 is 2.55 bits per heavy atom. The van der Waals surface area contributed by atoms with Gasteiger partial charge in [-0.05, 0) is 58.8 Å². The zero-order valence-corrected chi connectivity index (χ0v) is 21.6. The molecule has 0 radical (unpaired) electrons. The van der Waals surface area contributed by atoms with Crippen LogP contribution in [0.4, 0.5) is 0 Å². The van der Waals surface area contributed by atoms with Crippen molar-refractivity contribution in [3.63, 3.8) is 0 Å². The van der Waals surface area contributed by atoms with Crippen LogP contribution >= 0.6 is 39.9 Å². The number of hydrogen-bond acceptors (Lipinski definition) is 7. The van der Waals surface area contributed by atoms with E-state index in [9.17, 15) is 4.79 Å². The SMILES string of the molecule is C=CCN1C(=O)/C(=C/c2cc(Br)c(OCCOc3ccccc3OC)c(OCC)c2)SC1=S. The first kappa shape index (κ1) is 25.1. The topological polar surface area (TPSA) is 57.2 Å². The molecule has 0 atom stereocenters. The molecule has 2 aromatic rings. The number of carbonyl (C=O) groups is 1. The number of methoxy groups -OCH3 is 1. The average molecular weight is 550 g/mol. The zero-order valence-electron chi connectivity index (χ0n) is 18.3. The highest BCUT2D eigenvalue weighted by Gasteiger charge is 2.31. The van der Waals surface area contributed by atoms with Gasteiger partial charge in [0.05, 0.1) is 23.1 Å². The Balaban J connectivity index is 1.73. The Labute approximate surface area is 211 Å². The number of nitrogens with zero attached hydrogens (tertiary/aromatic N) is 1. The summed E-state index contributed by atoms with van der Waals surface area (Å²) in [6.45, 7) is 7.06. The van der Waals surface area contributed by atoms with E-state index in [0.717, 1.165) is 5.56 Å². The summed E-state index contributed by atoms with van der Waals surface area (Å²) in [5.41, 5.74) is 0.794. The maximum Gasteiger partial charge on any atom is 0.266 e. The Hall–Kier alpha value is -2.49. The standard InChI is InChI=1S/C24H24BrNO5S2/c1-4-10-26-23(27)21(33-24(26)32)15-16-13-17(25)22(20(14-16)29-5-2)31-12-11-30-19-9-7-6-8-18(19)28-3/h4,6-9,13-15H,1,5,10-12H2,2-3H3/b21-15-. The summed E-state index contributed by atoms with van der Waals surface area (Å²) in [6, 6.07) is 11.2. The second-order valence-electron chi connectivity index (χ2n) is 6.69. The number of amides is 1. The number of halogens is 1. The lowest BCUT2D eigenvalue weighted by molar-refractivity contribution is -0.121. The van der Waals surface area contributed by atoms with Gasteiger partial charge in [0, 0.05) is 6.54 Å². The average Bonchev–Trinajstić information content (AvgIpc) is 3.06. The van der Waals surface area contributed by atoms with Crippen molar-refractivity contribution in [2.45, 2.75) is 6.92 Å². The predicted octanol–water partition coefficient (Wildman–Crippen LogP) is 5.70. The van der Waals surface area contributed by atoms with Crippen molar-refractivity contribution in [1.29, 1.82) is 0 Å². The number of ether oxygens (including phenoxy) is 4. The fourth-order valence-corrected chi connectivity index (χ4v) is 4.89. The van der Waals surface area contributed by atoms with E-state index >= 15 is 0 Å². The molecule has 0 N–H and O–H groups in total. The van der Waals surface area contributed by atoms with Crippen LogP contribution in [0.3, 0.4) is 0 Å². The van der Waals surface area contributed by atoms with Crippen LogP contribution in [-0.4, -0.2) is 48.6 Å². The lowest BCUT2D eigenvalue weighted by atomic mass is 10.2. The van der Waals surface area contributed by atoms with Gasteiger partial charge in [-0.1, -0.05) is 42.2 Å². The quantitative estimate of drug-likeness (QED) is 0.154. The maximum absolute atomic E-state index is 12.6. The van der Waals surface area contributed by atoms with Crippen LogP contribution in [0.15, 0.2) is 58.4 Å². The Kier molecular flexibility index (Phi) is 9.22. The van der Waals surface area contributed by atoms with Crippen molar-refractivity contribution in [1.82, 2.24) is 4.90 Å². The van der Waals surface area contributed by atoms with Crippen LogP contribution in [-0.2, 0) is 4.79 Å². The number of rotatable bonds is 11. The predicted molar refractivity (Wildman–Crippen MR) is 139 cm³/mol. The minimum atomic E-state index is -0.132. The van der Waals surface area contributed by atoms with Gasteiger partial charge in [0.2, 0.25) is 0 Å². The summed E-state index contributed by atoms with van der Waals surface area (Å²) >= 11 is 10.1. The van der Waals surface area contributed by atoms with Gasteiger partial charge < -0.3 is 18.9 Å². The molecule has 33 heavy (non-hydrogen) atoms. The minimum absolute atomic E-state index is 0.132. The Bertz CT molecular complexity index is 1070. The van der Waals surface area contributed by atoms with Gasteiger partial charge in [-0.15, -0.1) is 6.58 Å². The summed E-state index contributed by atoms with van der Waals surface area (Å²) in [5, 5.41) is 0. The molecule has 0 unspecified atom stereocenters. The van der Waals surface area contributed by atoms with E-state index in [1.165, 1.54) is 16.7 Å². The van der Waals surface area contributed by atoms with Crippen molar-refractivity contribution in [3.8, 4) is 23.0 Å². The molecular weight excluding hydrogens is 526 g/mol. The molecule has 1 heterocycles. The largest absolute Gasteiger partial charge is 0.493 e. The molecule has 0 aliphatic carbocycles. The van der Waals surface area contributed by atoms with E-state index in [-0.39, 0.29) is 5.91 Å². The van der Waals surface area contributed by atoms with Crippen LogP contribution < -0.4 is 18.9 Å². The fraction of sp³-hybridized carbons (Fsp3) is 0.250. The van der Waals surface area contributed by atoms with Crippen molar-refractivity contribution in [2.24, 2.45) is 0 Å². The van der Waals surface area contributed by atoms with Crippen LogP contribution in [0.2, 0.25) is 0 Å². The molecule has 0 saturated carbocycles. The molecule has 1 amide bonds. The normalized spacial score (nSPS) is 14.5. The van der Waals surface area contributed by atoms with Crippen LogP contribution in [0, 0.1) is 0 Å². The lowest BCUT2D eigenvalue weighted by Gasteiger charge is -2.16. The van der Waals surface area contributed by atoms with E-state index in [2.05, 4.69) is 22.5 Å². The van der Waals surface area contributed by atoms with Gasteiger partial charge in [-0.2, -0.15) is 0 Å². The molecule has 9 heteroatoms. The zero-order chi connectivity index (χ0) is 23.8. The summed E-state index contributed by atoms with van der Waals surface area (Å²) in [7, 11) is 1.60. The highest BCUT2D eigenvalue weighted by atomic mass is 79.9. The van der Waals surface area contributed by atoms with Gasteiger partial charge in [0.15, 0.2) is 23.0 Å². The highest BCUT2D eigenvalue weighted by molar-refractivity contribution is 9.10. The van der Waals surface area contributed by atoms with Gasteiger partial charge in [-0.3, -0.25) is 9.69 Å². The Morgan fingerprint density at radius 1 is 1.12 bits per heavy atom. The van der Waals surface area contributed by atoms with Crippen molar-refractivity contribution in [3.05, 3.63) is 64.0 Å². The van der Waals surface area contributed by atoms with Crippen molar-refractivity contribution < 1.29 is 23.7 Å². The monoisotopic (exact) mass is 549 g/mol. The molecule has 6 nitrogen and oxygen atoms in total. The Morgan fingerprint density at radius 2 is 1.85 bits per heavy atom. The summed E-state index contributed by atoms with van der Waals surface area (Å²) < 4.78 is 24.0. The smallest absolute Gasteiger partial charge is 0.266 e. The number of hydrogen-bond donors (Lipinski definition) is 0. The molecule has 174 valence electrons. The third-order valence-electron chi connectivity index (χ3n) is 4.47. The molecule has 2 aromatic carbocycles. The van der Waals surface area contributed by atoms with E-state index in [4.69, 9.17) is 31.2 Å². The fourth-order valence-electron chi connectivity index (χ4n) is 3.05. The van der Waals surface area contributed by atoms with Gasteiger partial charge >= 0.3 is 0 Å². The van der Waals surface area contributed by atoms with Crippen LogP contribution in [0.5, 0.6) is 23.0 Å². The summed E-state index contributed by atoms with van der Waals surface area (Å²) in [4.78, 5) is 14.7.